The molecule has 0 aromatic heterocycles. The molecular formula is C11H9F2NO3. The predicted molar refractivity (Wildman–Crippen MR) is 55.6 cm³/mol. The Labute approximate surface area is 95.6 Å². The molecule has 0 unspecified atom stereocenters. The van der Waals surface area contributed by atoms with Crippen LogP contribution in [0.5, 0.6) is 0 Å². The van der Waals surface area contributed by atoms with E-state index in [1.807, 2.05) is 5.32 Å². The van der Waals surface area contributed by atoms with Gasteiger partial charge < -0.3 is 10.4 Å². The zero-order chi connectivity index (χ0) is 12.8. The van der Waals surface area contributed by atoms with E-state index in [2.05, 4.69) is 0 Å². The van der Waals surface area contributed by atoms with E-state index in [1.165, 1.54) is 12.1 Å². The van der Waals surface area contributed by atoms with Crippen molar-refractivity contribution in [2.24, 2.45) is 0 Å². The number of hydrogen-bond donors (Lipinski definition) is 2. The molecule has 17 heavy (non-hydrogen) atoms. The van der Waals surface area contributed by atoms with Crippen LogP contribution in [-0.4, -0.2) is 23.4 Å². The molecule has 90 valence electrons. The maximum Gasteiger partial charge on any atom is 0.352 e. The van der Waals surface area contributed by atoms with Crippen molar-refractivity contribution in [1.82, 2.24) is 5.32 Å². The smallest absolute Gasteiger partial charge is 0.352 e. The van der Waals surface area contributed by atoms with Crippen LogP contribution in [0.4, 0.5) is 8.78 Å². The number of nitrogens with one attached hydrogen (secondary N) is 1. The van der Waals surface area contributed by atoms with Crippen molar-refractivity contribution in [3.05, 3.63) is 47.7 Å². The average Bonchev–Trinajstić information content (AvgIpc) is 2.28. The number of carboxylic acid groups (broad SMARTS) is 1. The number of halogens is 2. The summed E-state index contributed by atoms with van der Waals surface area (Å²) in [4.78, 5) is 22.1. The number of carbonyl (C=O) groups excluding carboxylic acids is 1. The van der Waals surface area contributed by atoms with E-state index in [0.29, 0.717) is 0 Å². The Balaban J connectivity index is 2.83. The van der Waals surface area contributed by atoms with Crippen molar-refractivity contribution < 1.29 is 23.5 Å². The van der Waals surface area contributed by atoms with Gasteiger partial charge in [-0.15, -0.1) is 0 Å². The lowest BCUT2D eigenvalue weighted by atomic mass is 10.2. The number of alkyl halides is 2. The number of hydrogen-bond acceptors (Lipinski definition) is 2. The molecule has 0 saturated heterocycles. The molecule has 0 atom stereocenters. The van der Waals surface area contributed by atoms with Gasteiger partial charge in [-0.2, -0.15) is 0 Å². The zero-order valence-corrected chi connectivity index (χ0v) is 8.56. The van der Waals surface area contributed by atoms with E-state index in [1.54, 1.807) is 18.2 Å². The van der Waals surface area contributed by atoms with Crippen molar-refractivity contribution >= 4 is 11.9 Å². The van der Waals surface area contributed by atoms with Gasteiger partial charge in [0, 0.05) is 11.6 Å². The second kappa shape index (κ2) is 5.74. The van der Waals surface area contributed by atoms with Gasteiger partial charge in [0.15, 0.2) is 0 Å². The van der Waals surface area contributed by atoms with Crippen LogP contribution in [0.1, 0.15) is 10.4 Å². The molecule has 0 aliphatic rings. The summed E-state index contributed by atoms with van der Waals surface area (Å²) in [7, 11) is 0. The summed E-state index contributed by atoms with van der Waals surface area (Å²) < 4.78 is 24.0. The van der Waals surface area contributed by atoms with Crippen LogP contribution in [-0.2, 0) is 4.79 Å². The molecule has 0 aliphatic carbocycles. The molecule has 0 aliphatic heterocycles. The third-order valence-electron chi connectivity index (χ3n) is 1.81. The second-order valence-electron chi connectivity index (χ2n) is 3.04. The maximum absolute atomic E-state index is 12.0. The maximum atomic E-state index is 12.0. The van der Waals surface area contributed by atoms with Gasteiger partial charge in [0.05, 0.1) is 0 Å². The van der Waals surface area contributed by atoms with Gasteiger partial charge in [-0.25, -0.2) is 13.6 Å². The van der Waals surface area contributed by atoms with Crippen LogP contribution < -0.4 is 5.32 Å². The molecule has 1 aromatic rings. The second-order valence-corrected chi connectivity index (χ2v) is 3.04. The molecule has 1 rings (SSSR count). The molecule has 0 radical (unpaired) electrons. The zero-order valence-electron chi connectivity index (χ0n) is 8.56. The van der Waals surface area contributed by atoms with Gasteiger partial charge in [-0.05, 0) is 12.1 Å². The van der Waals surface area contributed by atoms with E-state index in [0.717, 1.165) is 0 Å². The lowest BCUT2D eigenvalue weighted by molar-refractivity contribution is -0.133. The van der Waals surface area contributed by atoms with E-state index in [-0.39, 0.29) is 11.6 Å². The van der Waals surface area contributed by atoms with Gasteiger partial charge in [-0.3, -0.25) is 4.79 Å². The predicted octanol–water partition coefficient (Wildman–Crippen LogP) is 1.65. The molecule has 0 saturated carbocycles. The van der Waals surface area contributed by atoms with E-state index >= 15 is 0 Å². The highest BCUT2D eigenvalue weighted by molar-refractivity contribution is 6.00. The fourth-order valence-corrected chi connectivity index (χ4v) is 1.08. The average molecular weight is 241 g/mol. The fraction of sp³-hybridized carbons (Fsp3) is 0.0909. The standard InChI is InChI=1S/C11H9F2NO3/c12-9(13)6-8(11(16)17)14-10(15)7-4-2-1-3-5-7/h1-6,9H,(H,14,15)(H,16,17)/b8-6-. The highest BCUT2D eigenvalue weighted by Crippen LogP contribution is 2.03. The third kappa shape index (κ3) is 4.02. The Morgan fingerprint density at radius 1 is 1.24 bits per heavy atom. The summed E-state index contributed by atoms with van der Waals surface area (Å²) in [5.74, 6) is -2.37. The molecule has 4 nitrogen and oxygen atoms in total. The van der Waals surface area contributed by atoms with Gasteiger partial charge in [0.1, 0.15) is 5.70 Å². The summed E-state index contributed by atoms with van der Waals surface area (Å²) >= 11 is 0. The highest BCUT2D eigenvalue weighted by Gasteiger charge is 2.14. The number of benzene rings is 1. The highest BCUT2D eigenvalue weighted by atomic mass is 19.3. The largest absolute Gasteiger partial charge is 0.477 e. The first kappa shape index (κ1) is 12.8. The van der Waals surface area contributed by atoms with Crippen molar-refractivity contribution in [2.75, 3.05) is 0 Å². The van der Waals surface area contributed by atoms with E-state index < -0.39 is 24.0 Å². The Morgan fingerprint density at radius 3 is 2.29 bits per heavy atom. The minimum atomic E-state index is -2.95. The van der Waals surface area contributed by atoms with Crippen molar-refractivity contribution in [1.29, 1.82) is 0 Å². The Kier molecular flexibility index (Phi) is 4.33. The number of carboxylic acids is 1. The summed E-state index contributed by atoms with van der Waals surface area (Å²) in [6.07, 6.45) is -2.78. The van der Waals surface area contributed by atoms with Crippen LogP contribution in [0.3, 0.4) is 0 Å². The normalized spacial score (nSPS) is 11.4. The van der Waals surface area contributed by atoms with Gasteiger partial charge in [0.25, 0.3) is 12.3 Å². The monoisotopic (exact) mass is 241 g/mol. The first-order chi connectivity index (χ1) is 8.00. The quantitative estimate of drug-likeness (QED) is 0.787. The van der Waals surface area contributed by atoms with Crippen LogP contribution in [0.15, 0.2) is 42.1 Å². The molecular weight excluding hydrogens is 232 g/mol. The van der Waals surface area contributed by atoms with Gasteiger partial charge in [0.2, 0.25) is 0 Å². The summed E-state index contributed by atoms with van der Waals surface area (Å²) in [6, 6.07) is 7.70. The minimum absolute atomic E-state index is 0.170. The molecule has 0 spiro atoms. The molecule has 1 amide bonds. The van der Waals surface area contributed by atoms with Crippen molar-refractivity contribution in [3.63, 3.8) is 0 Å². The number of rotatable bonds is 4. The van der Waals surface area contributed by atoms with Gasteiger partial charge in [-0.1, -0.05) is 18.2 Å². The number of aliphatic carboxylic acids is 1. The Morgan fingerprint density at radius 2 is 1.82 bits per heavy atom. The number of carbonyl (C=O) groups is 2. The summed E-state index contributed by atoms with van der Waals surface area (Å²) in [5.41, 5.74) is -0.650. The fourth-order valence-electron chi connectivity index (χ4n) is 1.08. The molecule has 0 fully saturated rings. The number of allylic oxidation sites excluding steroid dienone is 1. The molecule has 2 N–H and O–H groups in total. The lowest BCUT2D eigenvalue weighted by Crippen LogP contribution is -2.27. The first-order valence-electron chi connectivity index (χ1n) is 4.60. The molecule has 1 aromatic carbocycles. The van der Waals surface area contributed by atoms with Crippen LogP contribution >= 0.6 is 0 Å². The third-order valence-corrected chi connectivity index (χ3v) is 1.81. The SMILES string of the molecule is O=C(O)/C(=C/C(F)F)NC(=O)c1ccccc1. The van der Waals surface area contributed by atoms with Gasteiger partial charge >= 0.3 is 5.97 Å². The molecule has 0 bridgehead atoms. The van der Waals surface area contributed by atoms with E-state index in [9.17, 15) is 18.4 Å². The summed E-state index contributed by atoms with van der Waals surface area (Å²) in [5, 5.41) is 10.5. The molecule has 0 heterocycles. The Bertz CT molecular complexity index is 443. The molecule has 6 heteroatoms. The van der Waals surface area contributed by atoms with Crippen molar-refractivity contribution in [3.8, 4) is 0 Å². The minimum Gasteiger partial charge on any atom is -0.477 e. The van der Waals surface area contributed by atoms with Crippen LogP contribution in [0.2, 0.25) is 0 Å². The topological polar surface area (TPSA) is 66.4 Å². The number of amides is 1. The van der Waals surface area contributed by atoms with Crippen LogP contribution in [0, 0.1) is 0 Å². The van der Waals surface area contributed by atoms with Crippen LogP contribution in [0.25, 0.3) is 0 Å². The first-order valence-corrected chi connectivity index (χ1v) is 4.60. The van der Waals surface area contributed by atoms with Crippen molar-refractivity contribution in [2.45, 2.75) is 6.43 Å². The lowest BCUT2D eigenvalue weighted by Gasteiger charge is -2.05. The van der Waals surface area contributed by atoms with E-state index in [4.69, 9.17) is 5.11 Å². The Hall–Kier alpha value is -2.24. The summed E-state index contributed by atoms with van der Waals surface area (Å²) in [6.45, 7) is 0.